The molecule has 108 valence electrons. The monoisotopic (exact) mass is 280 g/mol. The highest BCUT2D eigenvalue weighted by atomic mass is 16.4. The molecule has 2 atom stereocenters. The van der Waals surface area contributed by atoms with Gasteiger partial charge in [-0.1, -0.05) is 18.2 Å². The van der Waals surface area contributed by atoms with Crippen molar-refractivity contribution < 1.29 is 24.9 Å². The normalized spacial score (nSPS) is 21.8. The van der Waals surface area contributed by atoms with Crippen LogP contribution in [0.25, 0.3) is 0 Å². The molecule has 1 saturated heterocycles. The number of carboxylic acids is 1. The molecule has 0 radical (unpaired) electrons. The molecule has 0 saturated carbocycles. The van der Waals surface area contributed by atoms with Gasteiger partial charge in [0.05, 0.1) is 31.7 Å². The molecule has 2 rings (SSSR count). The lowest BCUT2D eigenvalue weighted by molar-refractivity contribution is -0.136. The van der Waals surface area contributed by atoms with Gasteiger partial charge in [0.15, 0.2) is 0 Å². The van der Waals surface area contributed by atoms with Gasteiger partial charge in [0, 0.05) is 5.69 Å². The van der Waals surface area contributed by atoms with Crippen molar-refractivity contribution in [3.05, 3.63) is 29.8 Å². The minimum absolute atomic E-state index is 0.0497. The van der Waals surface area contributed by atoms with E-state index in [0.717, 1.165) is 0 Å². The Balaban J connectivity index is 2.06. The van der Waals surface area contributed by atoms with E-state index in [2.05, 4.69) is 5.32 Å². The van der Waals surface area contributed by atoms with Crippen LogP contribution >= 0.6 is 0 Å². The van der Waals surface area contributed by atoms with E-state index in [0.29, 0.717) is 11.3 Å². The summed E-state index contributed by atoms with van der Waals surface area (Å²) in [4.78, 5) is 24.0. The lowest BCUT2D eigenvalue weighted by atomic mass is 10.1. The van der Waals surface area contributed by atoms with E-state index in [1.807, 2.05) is 0 Å². The van der Waals surface area contributed by atoms with Crippen molar-refractivity contribution in [3.63, 3.8) is 0 Å². The van der Waals surface area contributed by atoms with Crippen LogP contribution in [0, 0.1) is 0 Å². The van der Waals surface area contributed by atoms with Crippen LogP contribution < -0.4 is 5.32 Å². The lowest BCUT2D eigenvalue weighted by Crippen LogP contribution is -2.34. The van der Waals surface area contributed by atoms with E-state index in [4.69, 9.17) is 5.11 Å². The van der Waals surface area contributed by atoms with E-state index < -0.39 is 24.2 Å². The van der Waals surface area contributed by atoms with Gasteiger partial charge in [-0.25, -0.2) is 4.79 Å². The summed E-state index contributed by atoms with van der Waals surface area (Å²) in [5.74, 6) is -0.987. The van der Waals surface area contributed by atoms with Crippen LogP contribution in [0.1, 0.15) is 5.56 Å². The van der Waals surface area contributed by atoms with Crippen molar-refractivity contribution in [2.45, 2.75) is 18.6 Å². The molecule has 0 spiro atoms. The highest BCUT2D eigenvalue weighted by molar-refractivity contribution is 5.91. The summed E-state index contributed by atoms with van der Waals surface area (Å²) in [5.41, 5.74) is 0.907. The highest BCUT2D eigenvalue weighted by Gasteiger charge is 2.32. The van der Waals surface area contributed by atoms with Crippen molar-refractivity contribution in [1.29, 1.82) is 0 Å². The Morgan fingerprint density at radius 1 is 1.20 bits per heavy atom. The van der Waals surface area contributed by atoms with Gasteiger partial charge in [-0.2, -0.15) is 0 Å². The van der Waals surface area contributed by atoms with Crippen molar-refractivity contribution >= 4 is 17.7 Å². The summed E-state index contributed by atoms with van der Waals surface area (Å²) in [6, 6.07) is 6.14. The standard InChI is InChI=1S/C13H16N2O5/c16-10-6-15(7-11(10)17)13(20)14-9-4-2-1-3-8(9)5-12(18)19/h1-4,10-11,16-17H,5-7H2,(H,14,20)(H,18,19). The predicted octanol–water partition coefficient (Wildman–Crippen LogP) is -0.117. The average Bonchev–Trinajstić information content (AvgIpc) is 2.71. The van der Waals surface area contributed by atoms with Crippen molar-refractivity contribution in [2.75, 3.05) is 18.4 Å². The number of nitrogens with one attached hydrogen (secondary N) is 1. The molecule has 1 aromatic carbocycles. The minimum Gasteiger partial charge on any atom is -0.481 e. The fraction of sp³-hybridized carbons (Fsp3) is 0.385. The number of hydrogen-bond donors (Lipinski definition) is 4. The van der Waals surface area contributed by atoms with Gasteiger partial charge in [0.1, 0.15) is 0 Å². The molecule has 4 N–H and O–H groups in total. The number of aliphatic hydroxyl groups is 2. The van der Waals surface area contributed by atoms with Crippen molar-refractivity contribution in [2.24, 2.45) is 0 Å². The SMILES string of the molecule is O=C(O)Cc1ccccc1NC(=O)N1CC(O)C(O)C1. The van der Waals surface area contributed by atoms with Crippen LogP contribution in [-0.4, -0.2) is 57.5 Å². The largest absolute Gasteiger partial charge is 0.481 e. The summed E-state index contributed by atoms with van der Waals surface area (Å²) in [5, 5.41) is 30.2. The number of amides is 2. The number of hydrogen-bond acceptors (Lipinski definition) is 4. The molecule has 1 heterocycles. The molecule has 0 aliphatic carbocycles. The van der Waals surface area contributed by atoms with Gasteiger partial charge < -0.3 is 25.5 Å². The maximum Gasteiger partial charge on any atom is 0.322 e. The Hall–Kier alpha value is -2.12. The molecule has 0 bridgehead atoms. The number of anilines is 1. The number of para-hydroxylation sites is 1. The topological polar surface area (TPSA) is 110 Å². The number of urea groups is 1. The van der Waals surface area contributed by atoms with Gasteiger partial charge in [-0.15, -0.1) is 0 Å². The zero-order valence-corrected chi connectivity index (χ0v) is 10.7. The Kier molecular flexibility index (Phi) is 4.21. The first-order valence-corrected chi connectivity index (χ1v) is 6.19. The minimum atomic E-state index is -0.987. The number of β-amino-alcohol motifs (C(OH)–C–C–N with tert-alkyl or cyclic N) is 2. The summed E-state index contributed by atoms with van der Waals surface area (Å²) < 4.78 is 0. The molecule has 1 aromatic rings. The summed E-state index contributed by atoms with van der Waals surface area (Å²) in [6.45, 7) is 0.0994. The molecule has 0 aromatic heterocycles. The lowest BCUT2D eigenvalue weighted by Gasteiger charge is -2.17. The van der Waals surface area contributed by atoms with Crippen LogP contribution in [0.5, 0.6) is 0 Å². The van der Waals surface area contributed by atoms with Crippen molar-refractivity contribution in [1.82, 2.24) is 4.90 Å². The van der Waals surface area contributed by atoms with Gasteiger partial charge in [0.2, 0.25) is 0 Å². The quantitative estimate of drug-likeness (QED) is 0.617. The fourth-order valence-corrected chi connectivity index (χ4v) is 2.09. The van der Waals surface area contributed by atoms with E-state index in [1.54, 1.807) is 24.3 Å². The number of aliphatic hydroxyl groups excluding tert-OH is 2. The molecule has 2 amide bonds. The van der Waals surface area contributed by atoms with Crippen LogP contribution in [0.3, 0.4) is 0 Å². The second-order valence-electron chi connectivity index (χ2n) is 4.70. The summed E-state index contributed by atoms with van der Waals surface area (Å²) >= 11 is 0. The molecule has 20 heavy (non-hydrogen) atoms. The van der Waals surface area contributed by atoms with E-state index in [9.17, 15) is 19.8 Å². The van der Waals surface area contributed by atoms with Gasteiger partial charge in [0.25, 0.3) is 0 Å². The van der Waals surface area contributed by atoms with Crippen LogP contribution in [0.2, 0.25) is 0 Å². The maximum absolute atomic E-state index is 12.0. The predicted molar refractivity (Wildman–Crippen MR) is 70.4 cm³/mol. The van der Waals surface area contributed by atoms with E-state index in [1.165, 1.54) is 4.90 Å². The molecular formula is C13H16N2O5. The van der Waals surface area contributed by atoms with Gasteiger partial charge in [-0.05, 0) is 11.6 Å². The number of benzene rings is 1. The first-order chi connectivity index (χ1) is 9.47. The molecule has 1 aliphatic rings. The Morgan fingerprint density at radius 2 is 1.80 bits per heavy atom. The second-order valence-corrected chi connectivity index (χ2v) is 4.70. The number of aliphatic carboxylic acids is 1. The number of likely N-dealkylation sites (tertiary alicyclic amines) is 1. The summed E-state index contributed by atoms with van der Waals surface area (Å²) in [7, 11) is 0. The van der Waals surface area contributed by atoms with Crippen molar-refractivity contribution in [3.8, 4) is 0 Å². The van der Waals surface area contributed by atoms with Crippen LogP contribution in [0.4, 0.5) is 10.5 Å². The second kappa shape index (κ2) is 5.89. The zero-order valence-electron chi connectivity index (χ0n) is 10.7. The third-order valence-electron chi connectivity index (χ3n) is 3.15. The maximum atomic E-state index is 12.0. The molecule has 2 unspecified atom stereocenters. The number of carbonyl (C=O) groups is 2. The molecule has 7 nitrogen and oxygen atoms in total. The van der Waals surface area contributed by atoms with Crippen LogP contribution in [0.15, 0.2) is 24.3 Å². The fourth-order valence-electron chi connectivity index (χ4n) is 2.09. The molecule has 7 heteroatoms. The Labute approximate surface area is 115 Å². The van der Waals surface area contributed by atoms with Crippen LogP contribution in [-0.2, 0) is 11.2 Å². The third kappa shape index (κ3) is 3.25. The first-order valence-electron chi connectivity index (χ1n) is 6.19. The van der Waals surface area contributed by atoms with E-state index in [-0.39, 0.29) is 19.5 Å². The molecule has 1 aliphatic heterocycles. The third-order valence-corrected chi connectivity index (χ3v) is 3.15. The molecule has 1 fully saturated rings. The van der Waals surface area contributed by atoms with Gasteiger partial charge in [-0.3, -0.25) is 4.79 Å². The smallest absolute Gasteiger partial charge is 0.322 e. The number of rotatable bonds is 3. The molecular weight excluding hydrogens is 264 g/mol. The number of carbonyl (C=O) groups excluding carboxylic acids is 1. The zero-order chi connectivity index (χ0) is 14.7. The number of nitrogens with zero attached hydrogens (tertiary/aromatic N) is 1. The Morgan fingerprint density at radius 3 is 2.40 bits per heavy atom. The highest BCUT2D eigenvalue weighted by Crippen LogP contribution is 2.18. The number of carboxylic acid groups (broad SMARTS) is 1. The van der Waals surface area contributed by atoms with E-state index >= 15 is 0 Å². The summed E-state index contributed by atoms with van der Waals surface area (Å²) in [6.07, 6.45) is -2.09. The Bertz CT molecular complexity index is 509. The average molecular weight is 280 g/mol. The van der Waals surface area contributed by atoms with Gasteiger partial charge >= 0.3 is 12.0 Å². The first kappa shape index (κ1) is 14.3.